The minimum atomic E-state index is -3.66. The maximum absolute atomic E-state index is 12.5. The number of aliphatic hydroxyl groups excluding tert-OH is 1. The minimum absolute atomic E-state index is 0.0740. The third-order valence-corrected chi connectivity index (χ3v) is 5.76. The topological polar surface area (TPSA) is 75.6 Å². The van der Waals surface area contributed by atoms with Gasteiger partial charge in [-0.25, -0.2) is 13.1 Å². The fourth-order valence-electron chi connectivity index (χ4n) is 2.79. The summed E-state index contributed by atoms with van der Waals surface area (Å²) in [4.78, 5) is 0.247. The van der Waals surface area contributed by atoms with Crippen molar-refractivity contribution in [3.05, 3.63) is 58.7 Å². The van der Waals surface area contributed by atoms with E-state index in [-0.39, 0.29) is 11.4 Å². The van der Waals surface area contributed by atoms with Crippen molar-refractivity contribution in [1.82, 2.24) is 4.72 Å². The largest absolute Gasteiger partial charge is 0.493 e. The summed E-state index contributed by atoms with van der Waals surface area (Å²) in [5, 5.41) is 10.3. The number of aryl methyl sites for hydroxylation is 2. The van der Waals surface area contributed by atoms with Crippen molar-refractivity contribution < 1.29 is 18.3 Å². The van der Waals surface area contributed by atoms with Crippen LogP contribution >= 0.6 is 0 Å². The molecule has 1 heterocycles. The van der Waals surface area contributed by atoms with E-state index in [1.807, 2.05) is 25.1 Å². The Labute approximate surface area is 142 Å². The number of rotatable bonds is 5. The third-order valence-electron chi connectivity index (χ3n) is 4.20. The summed E-state index contributed by atoms with van der Waals surface area (Å²) in [7, 11) is -3.66. The SMILES string of the molecule is Cc1ccc(C)c(S(=O)(=O)NC[C@H](O)c2ccc3c(c2)CCO3)c1. The zero-order valence-corrected chi connectivity index (χ0v) is 14.6. The number of fused-ring (bicyclic) bond motifs is 1. The number of ether oxygens (including phenoxy) is 1. The summed E-state index contributed by atoms with van der Waals surface area (Å²) in [6.45, 7) is 4.17. The van der Waals surface area contributed by atoms with Crippen molar-refractivity contribution in [3.8, 4) is 5.75 Å². The molecule has 0 radical (unpaired) electrons. The Morgan fingerprint density at radius 1 is 1.21 bits per heavy atom. The molecule has 1 aliphatic heterocycles. The summed E-state index contributed by atoms with van der Waals surface area (Å²) >= 11 is 0. The van der Waals surface area contributed by atoms with Crippen molar-refractivity contribution in [3.63, 3.8) is 0 Å². The van der Waals surface area contributed by atoms with Gasteiger partial charge in [-0.15, -0.1) is 0 Å². The van der Waals surface area contributed by atoms with Gasteiger partial charge < -0.3 is 9.84 Å². The first-order valence-electron chi connectivity index (χ1n) is 7.87. The van der Waals surface area contributed by atoms with Crippen LogP contribution in [0.1, 0.15) is 28.4 Å². The summed E-state index contributed by atoms with van der Waals surface area (Å²) in [5.41, 5.74) is 3.28. The second-order valence-corrected chi connectivity index (χ2v) is 7.84. The molecule has 2 aromatic carbocycles. The fraction of sp³-hybridized carbons (Fsp3) is 0.333. The molecule has 0 spiro atoms. The van der Waals surface area contributed by atoms with Crippen molar-refractivity contribution in [2.45, 2.75) is 31.3 Å². The quantitative estimate of drug-likeness (QED) is 0.870. The van der Waals surface area contributed by atoms with Gasteiger partial charge in [0.15, 0.2) is 0 Å². The molecule has 0 bridgehead atoms. The van der Waals surface area contributed by atoms with Crippen LogP contribution in [-0.4, -0.2) is 26.7 Å². The monoisotopic (exact) mass is 347 g/mol. The van der Waals surface area contributed by atoms with E-state index in [9.17, 15) is 13.5 Å². The molecule has 128 valence electrons. The lowest BCUT2D eigenvalue weighted by molar-refractivity contribution is 0.182. The van der Waals surface area contributed by atoms with Gasteiger partial charge in [-0.3, -0.25) is 0 Å². The third kappa shape index (κ3) is 3.45. The first-order valence-corrected chi connectivity index (χ1v) is 9.36. The van der Waals surface area contributed by atoms with Crippen LogP contribution in [0.5, 0.6) is 5.75 Å². The van der Waals surface area contributed by atoms with Gasteiger partial charge in [0.05, 0.1) is 17.6 Å². The Morgan fingerprint density at radius 3 is 2.79 bits per heavy atom. The zero-order valence-electron chi connectivity index (χ0n) is 13.7. The maximum atomic E-state index is 12.5. The molecule has 0 saturated carbocycles. The van der Waals surface area contributed by atoms with E-state index in [1.165, 1.54) is 0 Å². The number of aliphatic hydroxyl groups is 1. The van der Waals surface area contributed by atoms with Crippen LogP contribution in [0, 0.1) is 13.8 Å². The Hall–Kier alpha value is -1.89. The predicted molar refractivity (Wildman–Crippen MR) is 91.7 cm³/mol. The number of hydrogen-bond acceptors (Lipinski definition) is 4. The molecule has 5 nitrogen and oxygen atoms in total. The van der Waals surface area contributed by atoms with E-state index in [2.05, 4.69) is 4.72 Å². The smallest absolute Gasteiger partial charge is 0.240 e. The Morgan fingerprint density at radius 2 is 2.00 bits per heavy atom. The van der Waals surface area contributed by atoms with E-state index < -0.39 is 16.1 Å². The molecule has 2 aromatic rings. The van der Waals surface area contributed by atoms with Crippen LogP contribution in [0.15, 0.2) is 41.3 Å². The fourth-order valence-corrected chi connectivity index (χ4v) is 4.16. The molecule has 0 saturated heterocycles. The lowest BCUT2D eigenvalue weighted by Crippen LogP contribution is -2.29. The number of nitrogens with one attached hydrogen (secondary N) is 1. The minimum Gasteiger partial charge on any atom is -0.493 e. The Bertz CT molecular complexity index is 861. The lowest BCUT2D eigenvalue weighted by Gasteiger charge is -2.15. The van der Waals surface area contributed by atoms with Crippen LogP contribution in [0.4, 0.5) is 0 Å². The molecule has 3 rings (SSSR count). The number of benzene rings is 2. The average Bonchev–Trinajstić information content (AvgIpc) is 3.02. The Balaban J connectivity index is 1.73. The molecule has 2 N–H and O–H groups in total. The van der Waals surface area contributed by atoms with Gasteiger partial charge in [-0.1, -0.05) is 18.2 Å². The molecular formula is C18H21NO4S. The highest BCUT2D eigenvalue weighted by Crippen LogP contribution is 2.28. The van der Waals surface area contributed by atoms with Crippen LogP contribution in [0.3, 0.4) is 0 Å². The van der Waals surface area contributed by atoms with Crippen molar-refractivity contribution in [2.75, 3.05) is 13.2 Å². The van der Waals surface area contributed by atoms with Crippen molar-refractivity contribution in [1.29, 1.82) is 0 Å². The first kappa shape index (κ1) is 17.0. The average molecular weight is 347 g/mol. The summed E-state index contributed by atoms with van der Waals surface area (Å²) in [6.07, 6.45) is -0.0970. The molecular weight excluding hydrogens is 326 g/mol. The highest BCUT2D eigenvalue weighted by Gasteiger charge is 2.20. The molecule has 0 unspecified atom stereocenters. The summed E-state index contributed by atoms with van der Waals surface area (Å²) in [5.74, 6) is 0.835. The van der Waals surface area contributed by atoms with E-state index in [1.54, 1.807) is 25.1 Å². The van der Waals surface area contributed by atoms with Gasteiger partial charge in [-0.05, 0) is 54.3 Å². The number of hydrogen-bond donors (Lipinski definition) is 2. The first-order chi connectivity index (χ1) is 11.4. The van der Waals surface area contributed by atoms with E-state index in [4.69, 9.17) is 4.74 Å². The molecule has 1 atom stereocenters. The second kappa shape index (κ2) is 6.55. The van der Waals surface area contributed by atoms with Crippen molar-refractivity contribution >= 4 is 10.0 Å². The second-order valence-electron chi connectivity index (χ2n) is 6.10. The summed E-state index contributed by atoms with van der Waals surface area (Å²) < 4.78 is 32.9. The van der Waals surface area contributed by atoms with Crippen LogP contribution in [0.2, 0.25) is 0 Å². The molecule has 6 heteroatoms. The molecule has 0 aliphatic carbocycles. The highest BCUT2D eigenvalue weighted by molar-refractivity contribution is 7.89. The van der Waals surface area contributed by atoms with Gasteiger partial charge in [-0.2, -0.15) is 0 Å². The standard InChI is InChI=1S/C18H21NO4S/c1-12-3-4-13(2)18(9-12)24(21,22)19-11-16(20)14-5-6-17-15(10-14)7-8-23-17/h3-6,9-10,16,19-20H,7-8,11H2,1-2H3/t16-/m0/s1. The van der Waals surface area contributed by atoms with Crippen LogP contribution in [0.25, 0.3) is 0 Å². The van der Waals surface area contributed by atoms with Gasteiger partial charge in [0.1, 0.15) is 5.75 Å². The van der Waals surface area contributed by atoms with Crippen molar-refractivity contribution in [2.24, 2.45) is 0 Å². The van der Waals surface area contributed by atoms with E-state index in [0.717, 1.165) is 23.3 Å². The van der Waals surface area contributed by atoms with Gasteiger partial charge in [0, 0.05) is 13.0 Å². The molecule has 1 aliphatic rings. The number of sulfonamides is 1. The normalized spacial score (nSPS) is 15.0. The maximum Gasteiger partial charge on any atom is 0.240 e. The predicted octanol–water partition coefficient (Wildman–Crippen LogP) is 2.25. The zero-order chi connectivity index (χ0) is 17.3. The molecule has 0 aromatic heterocycles. The molecule has 0 amide bonds. The van der Waals surface area contributed by atoms with Crippen LogP contribution < -0.4 is 9.46 Å². The van der Waals surface area contributed by atoms with Gasteiger partial charge in [0.25, 0.3) is 0 Å². The van der Waals surface area contributed by atoms with Gasteiger partial charge in [0.2, 0.25) is 10.0 Å². The highest BCUT2D eigenvalue weighted by atomic mass is 32.2. The van der Waals surface area contributed by atoms with Crippen LogP contribution in [-0.2, 0) is 16.4 Å². The Kier molecular flexibility index (Phi) is 4.62. The lowest BCUT2D eigenvalue weighted by atomic mass is 10.0. The van der Waals surface area contributed by atoms with E-state index in [0.29, 0.717) is 17.7 Å². The molecule has 24 heavy (non-hydrogen) atoms. The van der Waals surface area contributed by atoms with Gasteiger partial charge >= 0.3 is 0 Å². The molecule has 0 fully saturated rings. The van der Waals surface area contributed by atoms with E-state index >= 15 is 0 Å². The summed E-state index contributed by atoms with van der Waals surface area (Å²) in [6, 6.07) is 10.7.